The van der Waals surface area contributed by atoms with Gasteiger partial charge in [-0.05, 0) is 23.0 Å². The molecule has 0 saturated heterocycles. The van der Waals surface area contributed by atoms with Crippen LogP contribution >= 0.6 is 11.3 Å². The molecule has 0 aliphatic heterocycles. The fourth-order valence-corrected chi connectivity index (χ4v) is 4.09. The average Bonchev–Trinajstić information content (AvgIpc) is 3.12. The maximum absolute atomic E-state index is 11.3. The number of hydrogen-bond donors (Lipinski definition) is 1. The Kier molecular flexibility index (Phi) is 4.58. The van der Waals surface area contributed by atoms with Gasteiger partial charge in [-0.15, -0.1) is 11.3 Å². The number of fused-ring (bicyclic) bond motifs is 1. The van der Waals surface area contributed by atoms with Gasteiger partial charge in [-0.3, -0.25) is 4.40 Å². The van der Waals surface area contributed by atoms with Crippen LogP contribution < -0.4 is 4.74 Å². The van der Waals surface area contributed by atoms with E-state index in [1.807, 2.05) is 9.78 Å². The van der Waals surface area contributed by atoms with Crippen LogP contribution in [0.5, 0.6) is 5.75 Å². The lowest BCUT2D eigenvalue weighted by atomic mass is 9.78. The number of nitrogens with zero attached hydrogens (tertiary/aromatic N) is 2. The second-order valence-corrected chi connectivity index (χ2v) is 9.65. The molecule has 0 aliphatic carbocycles. The number of imidazole rings is 1. The first-order chi connectivity index (χ1) is 12.4. The largest absolute Gasteiger partial charge is 0.496 e. The number of benzene rings is 1. The molecule has 0 aliphatic rings. The van der Waals surface area contributed by atoms with Crippen molar-refractivity contribution in [3.8, 4) is 17.0 Å². The molecular formula is C21H26N2O3S. The zero-order chi connectivity index (χ0) is 20.1. The first-order valence-electron chi connectivity index (χ1n) is 8.86. The van der Waals surface area contributed by atoms with Crippen LogP contribution in [0.3, 0.4) is 0 Å². The van der Waals surface area contributed by atoms with Crippen LogP contribution in [0.1, 0.15) is 63.2 Å². The second-order valence-electron chi connectivity index (χ2n) is 8.81. The van der Waals surface area contributed by atoms with Gasteiger partial charge in [-0.1, -0.05) is 41.5 Å². The molecule has 0 amide bonds. The number of carboxylic acid groups (broad SMARTS) is 1. The molecule has 5 nitrogen and oxygen atoms in total. The summed E-state index contributed by atoms with van der Waals surface area (Å²) in [6.07, 6.45) is 1.58. The average molecular weight is 387 g/mol. The van der Waals surface area contributed by atoms with Gasteiger partial charge in [0.1, 0.15) is 5.75 Å². The molecule has 0 radical (unpaired) electrons. The number of aromatic carboxylic acids is 1. The van der Waals surface area contributed by atoms with Gasteiger partial charge in [0.2, 0.25) is 0 Å². The SMILES string of the molecule is COc1c(C(C)(C)C)cc(-c2csc3nc(C(=O)O)cn23)cc1C(C)(C)C. The first kappa shape index (κ1) is 19.4. The molecule has 3 aromatic rings. The van der Waals surface area contributed by atoms with Crippen molar-refractivity contribution >= 4 is 22.3 Å². The van der Waals surface area contributed by atoms with Crippen LogP contribution in [0.2, 0.25) is 0 Å². The lowest BCUT2D eigenvalue weighted by molar-refractivity contribution is 0.0691. The highest BCUT2D eigenvalue weighted by Gasteiger charge is 2.28. The third kappa shape index (κ3) is 3.46. The van der Waals surface area contributed by atoms with E-state index in [2.05, 4.69) is 58.7 Å². The molecule has 1 aromatic carbocycles. The molecule has 0 atom stereocenters. The van der Waals surface area contributed by atoms with Crippen molar-refractivity contribution in [3.05, 3.63) is 40.5 Å². The van der Waals surface area contributed by atoms with E-state index in [0.717, 1.165) is 28.1 Å². The number of carboxylic acids is 1. The summed E-state index contributed by atoms with van der Waals surface area (Å²) < 4.78 is 7.69. The van der Waals surface area contributed by atoms with E-state index >= 15 is 0 Å². The summed E-state index contributed by atoms with van der Waals surface area (Å²) in [6.45, 7) is 13.0. The van der Waals surface area contributed by atoms with Gasteiger partial charge in [0.25, 0.3) is 0 Å². The van der Waals surface area contributed by atoms with Crippen LogP contribution in [0.4, 0.5) is 0 Å². The number of hydrogen-bond acceptors (Lipinski definition) is 4. The molecule has 0 fully saturated rings. The highest BCUT2D eigenvalue weighted by molar-refractivity contribution is 7.15. The summed E-state index contributed by atoms with van der Waals surface area (Å²) in [4.78, 5) is 16.1. The molecule has 2 aromatic heterocycles. The lowest BCUT2D eigenvalue weighted by Gasteiger charge is -2.30. The number of thiazole rings is 1. The Morgan fingerprint density at radius 2 is 1.67 bits per heavy atom. The van der Waals surface area contributed by atoms with Crippen molar-refractivity contribution in [1.82, 2.24) is 9.38 Å². The quantitative estimate of drug-likeness (QED) is 0.658. The zero-order valence-electron chi connectivity index (χ0n) is 16.9. The molecule has 0 unspecified atom stereocenters. The van der Waals surface area contributed by atoms with Gasteiger partial charge in [-0.25, -0.2) is 9.78 Å². The molecule has 0 bridgehead atoms. The minimum absolute atomic E-state index is 0.0590. The number of methoxy groups -OCH3 is 1. The fraction of sp³-hybridized carbons (Fsp3) is 0.429. The van der Waals surface area contributed by atoms with E-state index in [0.29, 0.717) is 4.96 Å². The van der Waals surface area contributed by atoms with E-state index in [1.165, 1.54) is 11.3 Å². The molecule has 3 rings (SSSR count). The first-order valence-corrected chi connectivity index (χ1v) is 9.74. The summed E-state index contributed by atoms with van der Waals surface area (Å²) in [7, 11) is 1.72. The van der Waals surface area contributed by atoms with Gasteiger partial charge in [0, 0.05) is 28.3 Å². The maximum atomic E-state index is 11.3. The third-order valence-electron chi connectivity index (χ3n) is 4.63. The van der Waals surface area contributed by atoms with Crippen molar-refractivity contribution in [2.75, 3.05) is 7.11 Å². The van der Waals surface area contributed by atoms with Crippen LogP contribution in [0.15, 0.2) is 23.7 Å². The van der Waals surface area contributed by atoms with Gasteiger partial charge >= 0.3 is 5.97 Å². The van der Waals surface area contributed by atoms with Gasteiger partial charge in [-0.2, -0.15) is 0 Å². The van der Waals surface area contributed by atoms with E-state index < -0.39 is 5.97 Å². The summed E-state index contributed by atoms with van der Waals surface area (Å²) in [5.74, 6) is -0.0978. The molecule has 0 spiro atoms. The molecule has 0 saturated carbocycles. The normalized spacial score (nSPS) is 12.6. The zero-order valence-corrected chi connectivity index (χ0v) is 17.7. The second kappa shape index (κ2) is 6.37. The highest BCUT2D eigenvalue weighted by Crippen LogP contribution is 2.43. The van der Waals surface area contributed by atoms with Crippen molar-refractivity contribution in [1.29, 1.82) is 0 Å². The van der Waals surface area contributed by atoms with E-state index in [4.69, 9.17) is 4.74 Å². The summed E-state index contributed by atoms with van der Waals surface area (Å²) >= 11 is 1.44. The molecule has 27 heavy (non-hydrogen) atoms. The molecule has 1 N–H and O–H groups in total. The van der Waals surface area contributed by atoms with Gasteiger partial charge < -0.3 is 9.84 Å². The lowest BCUT2D eigenvalue weighted by Crippen LogP contribution is -2.19. The summed E-state index contributed by atoms with van der Waals surface area (Å²) in [5, 5.41) is 11.3. The number of ether oxygens (including phenoxy) is 1. The monoisotopic (exact) mass is 386 g/mol. The Balaban J connectivity index is 2.32. The molecular weight excluding hydrogens is 360 g/mol. The van der Waals surface area contributed by atoms with Crippen LogP contribution in [-0.4, -0.2) is 27.6 Å². The number of rotatable bonds is 3. The molecule has 6 heteroatoms. The van der Waals surface area contributed by atoms with Gasteiger partial charge in [0.15, 0.2) is 10.7 Å². The van der Waals surface area contributed by atoms with Crippen LogP contribution in [-0.2, 0) is 10.8 Å². The minimum atomic E-state index is -1.02. The van der Waals surface area contributed by atoms with Crippen molar-refractivity contribution < 1.29 is 14.6 Å². The van der Waals surface area contributed by atoms with Crippen molar-refractivity contribution in [2.24, 2.45) is 0 Å². The maximum Gasteiger partial charge on any atom is 0.356 e. The smallest absolute Gasteiger partial charge is 0.356 e. The summed E-state index contributed by atoms with van der Waals surface area (Å²) in [5.41, 5.74) is 4.09. The highest BCUT2D eigenvalue weighted by atomic mass is 32.1. The molecule has 2 heterocycles. The van der Waals surface area contributed by atoms with E-state index in [1.54, 1.807) is 13.3 Å². The standard InChI is InChI=1S/C21H26N2O3S/c1-20(2,3)13-8-12(9-14(17(13)26-7)21(4,5)6)16-11-27-19-22-15(18(24)25)10-23(16)19/h8-11H,1-7H3,(H,24,25). The van der Waals surface area contributed by atoms with E-state index in [-0.39, 0.29) is 16.5 Å². The third-order valence-corrected chi connectivity index (χ3v) is 5.47. The van der Waals surface area contributed by atoms with Gasteiger partial charge in [0.05, 0.1) is 12.8 Å². The number of carbonyl (C=O) groups is 1. The summed E-state index contributed by atoms with van der Waals surface area (Å²) in [6, 6.07) is 4.30. The van der Waals surface area contributed by atoms with Crippen LogP contribution in [0, 0.1) is 0 Å². The Morgan fingerprint density at radius 3 is 2.11 bits per heavy atom. The van der Waals surface area contributed by atoms with Crippen molar-refractivity contribution in [3.63, 3.8) is 0 Å². The predicted molar refractivity (Wildman–Crippen MR) is 109 cm³/mol. The minimum Gasteiger partial charge on any atom is -0.496 e. The van der Waals surface area contributed by atoms with Crippen LogP contribution in [0.25, 0.3) is 16.2 Å². The predicted octanol–water partition coefficient (Wildman–Crippen LogP) is 5.36. The Labute approximate surface area is 163 Å². The Hall–Kier alpha value is -2.34. The Bertz CT molecular complexity index is 981. The van der Waals surface area contributed by atoms with E-state index in [9.17, 15) is 9.90 Å². The number of aromatic nitrogens is 2. The fourth-order valence-electron chi connectivity index (χ4n) is 3.21. The Morgan fingerprint density at radius 1 is 1.11 bits per heavy atom. The van der Waals surface area contributed by atoms with Crippen molar-refractivity contribution in [2.45, 2.75) is 52.4 Å². The topological polar surface area (TPSA) is 63.8 Å². The molecule has 144 valence electrons.